The first-order valence-corrected chi connectivity index (χ1v) is 11.9. The molecule has 0 saturated carbocycles. The van der Waals surface area contributed by atoms with Gasteiger partial charge in [-0.3, -0.25) is 0 Å². The molecule has 3 aromatic rings. The smallest absolute Gasteiger partial charge is 0.189 e. The zero-order valence-electron chi connectivity index (χ0n) is 18.7. The van der Waals surface area contributed by atoms with Gasteiger partial charge in [0.05, 0.1) is 36.1 Å². The molecule has 0 saturated heterocycles. The van der Waals surface area contributed by atoms with Gasteiger partial charge < -0.3 is 14.8 Å². The highest BCUT2D eigenvalue weighted by molar-refractivity contribution is 7.98. The number of aromatic nitrogens is 2. The predicted octanol–water partition coefficient (Wildman–Crippen LogP) is 6.25. The summed E-state index contributed by atoms with van der Waals surface area (Å²) in [5, 5.41) is 13.1. The van der Waals surface area contributed by atoms with Crippen LogP contribution in [0.25, 0.3) is 0 Å². The van der Waals surface area contributed by atoms with Gasteiger partial charge in [-0.2, -0.15) is 5.26 Å². The van der Waals surface area contributed by atoms with E-state index in [1.54, 1.807) is 42.5 Å². The first kappa shape index (κ1) is 24.6. The maximum atomic E-state index is 15.7. The van der Waals surface area contributed by atoms with E-state index in [1.165, 1.54) is 11.8 Å². The molecule has 0 bridgehead atoms. The van der Waals surface area contributed by atoms with Crippen molar-refractivity contribution in [2.75, 3.05) is 18.2 Å². The van der Waals surface area contributed by atoms with Crippen LogP contribution in [0.4, 0.5) is 10.1 Å². The summed E-state index contributed by atoms with van der Waals surface area (Å²) in [6, 6.07) is 13.0. The highest BCUT2D eigenvalue weighted by Crippen LogP contribution is 2.36. The van der Waals surface area contributed by atoms with E-state index in [2.05, 4.69) is 21.4 Å². The van der Waals surface area contributed by atoms with Gasteiger partial charge in [0.25, 0.3) is 0 Å². The van der Waals surface area contributed by atoms with E-state index in [-0.39, 0.29) is 22.6 Å². The molecule has 0 aliphatic rings. The topological polar surface area (TPSA) is 80.1 Å². The van der Waals surface area contributed by atoms with Crippen LogP contribution in [0.5, 0.6) is 11.5 Å². The van der Waals surface area contributed by atoms with E-state index in [9.17, 15) is 0 Å². The van der Waals surface area contributed by atoms with Crippen LogP contribution in [-0.4, -0.2) is 28.9 Å². The minimum Gasteiger partial charge on any atom is -0.494 e. The molecular weight excluding hydrogens is 463 g/mol. The molecule has 0 amide bonds. The van der Waals surface area contributed by atoms with Crippen LogP contribution >= 0.6 is 23.4 Å². The highest BCUT2D eigenvalue weighted by atomic mass is 35.5. The van der Waals surface area contributed by atoms with E-state index >= 15 is 4.39 Å². The zero-order chi connectivity index (χ0) is 24.0. The Morgan fingerprint density at radius 1 is 1.18 bits per heavy atom. The van der Waals surface area contributed by atoms with Gasteiger partial charge in [-0.15, -0.1) is 0 Å². The molecule has 1 atom stereocenters. The summed E-state index contributed by atoms with van der Waals surface area (Å²) >= 11 is 7.59. The third-order valence-electron chi connectivity index (χ3n) is 4.52. The van der Waals surface area contributed by atoms with Crippen LogP contribution in [0.3, 0.4) is 0 Å². The molecule has 6 nitrogen and oxygen atoms in total. The second-order valence-electron chi connectivity index (χ2n) is 7.29. The molecule has 0 aliphatic heterocycles. The largest absolute Gasteiger partial charge is 0.494 e. The fourth-order valence-electron chi connectivity index (χ4n) is 3.16. The van der Waals surface area contributed by atoms with E-state index in [1.807, 2.05) is 27.0 Å². The maximum Gasteiger partial charge on any atom is 0.189 e. The Kier molecular flexibility index (Phi) is 8.37. The number of nitrogens with zero attached hydrogens (tertiary/aromatic N) is 3. The number of ether oxygens (including phenoxy) is 2. The Hall–Kier alpha value is -3.02. The Labute approximate surface area is 202 Å². The molecule has 1 unspecified atom stereocenters. The van der Waals surface area contributed by atoms with Crippen molar-refractivity contribution in [3.8, 4) is 17.6 Å². The summed E-state index contributed by atoms with van der Waals surface area (Å²) in [6.07, 6.45) is 1.61. The number of rotatable bonds is 9. The predicted molar refractivity (Wildman–Crippen MR) is 129 cm³/mol. The maximum absolute atomic E-state index is 15.7. The van der Waals surface area contributed by atoms with Gasteiger partial charge >= 0.3 is 0 Å². The summed E-state index contributed by atoms with van der Waals surface area (Å²) in [6.45, 7) is 5.92. The van der Waals surface area contributed by atoms with Crippen molar-refractivity contribution in [3.63, 3.8) is 0 Å². The number of anilines is 1. The third-order valence-corrected chi connectivity index (χ3v) is 5.26. The van der Waals surface area contributed by atoms with E-state index < -0.39 is 11.9 Å². The van der Waals surface area contributed by atoms with Crippen LogP contribution in [0.15, 0.2) is 47.6 Å². The molecular formula is C24H24ClFN4O2S. The van der Waals surface area contributed by atoms with Gasteiger partial charge in [0, 0.05) is 17.3 Å². The normalized spacial score (nSPS) is 11.7. The molecule has 9 heteroatoms. The third kappa shape index (κ3) is 6.28. The first-order chi connectivity index (χ1) is 15.8. The fraction of sp³-hybridized carbons (Fsp3) is 0.292. The molecule has 33 heavy (non-hydrogen) atoms. The lowest BCUT2D eigenvalue weighted by Gasteiger charge is -2.23. The quantitative estimate of drug-likeness (QED) is 0.217. The van der Waals surface area contributed by atoms with Crippen LogP contribution in [0, 0.1) is 17.1 Å². The Morgan fingerprint density at radius 3 is 2.52 bits per heavy atom. The molecule has 0 aliphatic carbocycles. The van der Waals surface area contributed by atoms with Crippen LogP contribution in [0.2, 0.25) is 5.15 Å². The number of hydrogen-bond donors (Lipinski definition) is 1. The minimum absolute atomic E-state index is 0.0859. The molecule has 0 fully saturated rings. The second kappa shape index (κ2) is 11.2. The lowest BCUT2D eigenvalue weighted by atomic mass is 10.0. The average molecular weight is 487 g/mol. The van der Waals surface area contributed by atoms with Crippen molar-refractivity contribution >= 4 is 29.1 Å². The van der Waals surface area contributed by atoms with Crippen molar-refractivity contribution in [2.24, 2.45) is 0 Å². The number of benzene rings is 2. The summed E-state index contributed by atoms with van der Waals surface area (Å²) in [7, 11) is 0. The van der Waals surface area contributed by atoms with Gasteiger partial charge in [-0.25, -0.2) is 14.4 Å². The number of nitrogens with one attached hydrogen (secondary N) is 1. The molecule has 1 aromatic heterocycles. The average Bonchev–Trinajstić information content (AvgIpc) is 2.79. The molecule has 2 aromatic carbocycles. The van der Waals surface area contributed by atoms with Gasteiger partial charge in [0.2, 0.25) is 0 Å². The number of hydrogen-bond acceptors (Lipinski definition) is 7. The van der Waals surface area contributed by atoms with Crippen molar-refractivity contribution in [1.29, 1.82) is 5.26 Å². The van der Waals surface area contributed by atoms with Crippen LogP contribution in [-0.2, 0) is 0 Å². The van der Waals surface area contributed by atoms with Crippen molar-refractivity contribution in [2.45, 2.75) is 38.1 Å². The molecule has 0 radical (unpaired) electrons. The SMILES string of the molecule is CCOc1cc(OC(C)C)c(F)c(C(Nc2ccc(C#N)cc2)c2cc(Cl)nc(SC)n2)c1. The van der Waals surface area contributed by atoms with E-state index in [0.717, 1.165) is 0 Å². The molecule has 1 N–H and O–H groups in total. The number of halogens is 2. The summed E-state index contributed by atoms with van der Waals surface area (Å²) < 4.78 is 27.2. The fourth-order valence-corrected chi connectivity index (χ4v) is 3.79. The lowest BCUT2D eigenvalue weighted by Crippen LogP contribution is -2.18. The van der Waals surface area contributed by atoms with Crippen molar-refractivity contribution in [1.82, 2.24) is 9.97 Å². The number of thioether (sulfide) groups is 1. The monoisotopic (exact) mass is 486 g/mol. The second-order valence-corrected chi connectivity index (χ2v) is 8.45. The molecule has 0 spiro atoms. The Balaban J connectivity index is 2.18. The van der Waals surface area contributed by atoms with E-state index in [0.29, 0.717) is 34.5 Å². The van der Waals surface area contributed by atoms with Crippen LogP contribution < -0.4 is 14.8 Å². The van der Waals surface area contributed by atoms with Crippen molar-refractivity contribution < 1.29 is 13.9 Å². The minimum atomic E-state index is -0.737. The summed E-state index contributed by atoms with van der Waals surface area (Å²) in [4.78, 5) is 8.77. The zero-order valence-corrected chi connectivity index (χ0v) is 20.3. The summed E-state index contributed by atoms with van der Waals surface area (Å²) in [5.74, 6) is 0.0305. The van der Waals surface area contributed by atoms with E-state index in [4.69, 9.17) is 26.3 Å². The Bertz CT molecular complexity index is 1150. The highest BCUT2D eigenvalue weighted by Gasteiger charge is 2.25. The standard InChI is InChI=1S/C24H24ClFN4O2S/c1-5-31-17-10-18(22(26)20(11-17)32-14(2)3)23(19-12-21(25)30-24(29-19)33-4)28-16-8-6-15(13-27)7-9-16/h6-12,14,23,28H,5H2,1-4H3. The Morgan fingerprint density at radius 2 is 1.91 bits per heavy atom. The van der Waals surface area contributed by atoms with Gasteiger partial charge in [-0.1, -0.05) is 23.4 Å². The summed E-state index contributed by atoms with van der Waals surface area (Å²) in [5.41, 5.74) is 1.95. The molecule has 3 rings (SSSR count). The van der Waals surface area contributed by atoms with Gasteiger partial charge in [0.1, 0.15) is 10.9 Å². The van der Waals surface area contributed by atoms with Gasteiger partial charge in [0.15, 0.2) is 16.7 Å². The molecule has 172 valence electrons. The lowest BCUT2D eigenvalue weighted by molar-refractivity contribution is 0.228. The number of nitriles is 1. The van der Waals surface area contributed by atoms with Gasteiger partial charge in [-0.05, 0) is 63.4 Å². The first-order valence-electron chi connectivity index (χ1n) is 10.3. The van der Waals surface area contributed by atoms with Crippen LogP contribution in [0.1, 0.15) is 43.6 Å². The van der Waals surface area contributed by atoms with Crippen molar-refractivity contribution in [3.05, 3.63) is 70.3 Å². The molecule has 1 heterocycles.